The maximum atomic E-state index is 13.2. The molecule has 196 valence electrons. The first-order valence-corrected chi connectivity index (χ1v) is 15.0. The molecule has 0 bridgehead atoms. The lowest BCUT2D eigenvalue weighted by Crippen LogP contribution is -2.30. The first-order valence-electron chi connectivity index (χ1n) is 13.0. The van der Waals surface area contributed by atoms with Crippen LogP contribution in [0.3, 0.4) is 0 Å². The van der Waals surface area contributed by atoms with Gasteiger partial charge in [0.15, 0.2) is 0 Å². The Kier molecular flexibility index (Phi) is 7.66. The van der Waals surface area contributed by atoms with Gasteiger partial charge in [0.05, 0.1) is 5.56 Å². The highest BCUT2D eigenvalue weighted by atomic mass is 35.5. The largest absolute Gasteiger partial charge is 0.456 e. The Bertz CT molecular complexity index is 1320. The van der Waals surface area contributed by atoms with E-state index in [2.05, 4.69) is 10.6 Å². The molecule has 3 aromatic rings. The van der Waals surface area contributed by atoms with Crippen molar-refractivity contribution < 1.29 is 14.3 Å². The summed E-state index contributed by atoms with van der Waals surface area (Å²) in [7, 11) is 0. The zero-order valence-corrected chi connectivity index (χ0v) is 24.0. The lowest BCUT2D eigenvalue weighted by molar-refractivity contribution is 0.00699. The van der Waals surface area contributed by atoms with Gasteiger partial charge in [-0.15, -0.1) is 22.7 Å². The zero-order chi connectivity index (χ0) is 26.2. The number of benzene rings is 1. The average molecular weight is 557 g/mol. The van der Waals surface area contributed by atoms with Crippen LogP contribution in [0.2, 0.25) is 5.02 Å². The Labute approximate surface area is 231 Å². The summed E-state index contributed by atoms with van der Waals surface area (Å²) in [5.74, 6) is -0.362. The van der Waals surface area contributed by atoms with Crippen molar-refractivity contribution in [1.82, 2.24) is 5.32 Å². The molecule has 0 saturated carbocycles. The SMILES string of the molecule is CC(C)(C)OC(=O)c1c(NC(=O)NCc2c(-c3ccc(Cl)cc3)sc3c2CCCC3)sc2c1CCCC2. The fraction of sp³-hybridized carbons (Fsp3) is 0.448. The standard InChI is InChI=1S/C29H33ClN2O3S2/c1-29(2,3)35-27(33)24-20-9-5-7-11-23(20)37-26(24)32-28(34)31-16-21-19-8-4-6-10-22(19)36-25(21)17-12-14-18(30)15-13-17/h12-15H,4-11,16H2,1-3H3,(H2,31,32,34). The minimum absolute atomic E-state index is 0.304. The van der Waals surface area contributed by atoms with Crippen molar-refractivity contribution in [3.8, 4) is 10.4 Å². The summed E-state index contributed by atoms with van der Waals surface area (Å²) >= 11 is 9.48. The molecule has 2 heterocycles. The van der Waals surface area contributed by atoms with Gasteiger partial charge in [-0.05, 0) is 107 Å². The topological polar surface area (TPSA) is 67.4 Å². The fourth-order valence-corrected chi connectivity index (χ4v) is 7.98. The van der Waals surface area contributed by atoms with Gasteiger partial charge < -0.3 is 10.1 Å². The van der Waals surface area contributed by atoms with Gasteiger partial charge >= 0.3 is 12.0 Å². The monoisotopic (exact) mass is 556 g/mol. The molecule has 0 aliphatic heterocycles. The van der Waals surface area contributed by atoms with Gasteiger partial charge in [-0.1, -0.05) is 23.7 Å². The molecule has 0 atom stereocenters. The highest BCUT2D eigenvalue weighted by molar-refractivity contribution is 7.17. The molecule has 0 unspecified atom stereocenters. The van der Waals surface area contributed by atoms with E-state index in [-0.39, 0.29) is 12.0 Å². The number of nitrogens with one attached hydrogen (secondary N) is 2. The van der Waals surface area contributed by atoms with Crippen LogP contribution < -0.4 is 10.6 Å². The number of carbonyl (C=O) groups excluding carboxylic acids is 2. The van der Waals surface area contributed by atoms with Gasteiger partial charge in [-0.3, -0.25) is 5.32 Å². The number of hydrogen-bond acceptors (Lipinski definition) is 5. The predicted octanol–water partition coefficient (Wildman–Crippen LogP) is 8.16. The lowest BCUT2D eigenvalue weighted by Gasteiger charge is -2.21. The minimum atomic E-state index is -0.601. The third-order valence-electron chi connectivity index (χ3n) is 6.81. The summed E-state index contributed by atoms with van der Waals surface area (Å²) in [6.45, 7) is 6.03. The van der Waals surface area contributed by atoms with Gasteiger partial charge in [-0.25, -0.2) is 9.59 Å². The third-order valence-corrected chi connectivity index (χ3v) is 9.66. The van der Waals surface area contributed by atoms with Crippen molar-refractivity contribution in [3.05, 3.63) is 61.3 Å². The molecule has 2 aliphatic rings. The molecule has 8 heteroatoms. The summed E-state index contributed by atoms with van der Waals surface area (Å²) in [5, 5.41) is 7.38. The van der Waals surface area contributed by atoms with Gasteiger partial charge in [0.2, 0.25) is 0 Å². The van der Waals surface area contributed by atoms with E-state index < -0.39 is 5.60 Å². The number of rotatable bonds is 5. The highest BCUT2D eigenvalue weighted by Crippen LogP contribution is 2.41. The molecular formula is C29H33ClN2O3S2. The molecule has 5 nitrogen and oxygen atoms in total. The van der Waals surface area contributed by atoms with E-state index in [9.17, 15) is 9.59 Å². The number of fused-ring (bicyclic) bond motifs is 2. The zero-order valence-electron chi connectivity index (χ0n) is 21.6. The second-order valence-corrected chi connectivity index (χ2v) is 13.4. The maximum absolute atomic E-state index is 13.2. The minimum Gasteiger partial charge on any atom is -0.456 e. The molecule has 0 spiro atoms. The summed E-state index contributed by atoms with van der Waals surface area (Å²) in [6, 6.07) is 7.62. The number of halogens is 1. The Hall–Kier alpha value is -2.35. The number of amides is 2. The molecule has 0 saturated heterocycles. The Morgan fingerprint density at radius 1 is 0.919 bits per heavy atom. The quantitative estimate of drug-likeness (QED) is 0.311. The van der Waals surface area contributed by atoms with Crippen LogP contribution in [0.4, 0.5) is 9.80 Å². The Morgan fingerprint density at radius 2 is 1.54 bits per heavy atom. The van der Waals surface area contributed by atoms with E-state index in [4.69, 9.17) is 16.3 Å². The second kappa shape index (κ2) is 10.8. The third kappa shape index (κ3) is 5.89. The molecule has 1 aromatic carbocycles. The number of carbonyl (C=O) groups is 2. The van der Waals surface area contributed by atoms with Crippen LogP contribution in [0.1, 0.15) is 83.3 Å². The maximum Gasteiger partial charge on any atom is 0.341 e. The second-order valence-electron chi connectivity index (χ2n) is 10.8. The van der Waals surface area contributed by atoms with Crippen molar-refractivity contribution in [1.29, 1.82) is 0 Å². The molecule has 2 N–H and O–H groups in total. The van der Waals surface area contributed by atoms with Crippen LogP contribution in [-0.2, 0) is 37.0 Å². The number of ether oxygens (including phenoxy) is 1. The number of aryl methyl sites for hydroxylation is 2. The van der Waals surface area contributed by atoms with E-state index in [0.717, 1.165) is 49.7 Å². The lowest BCUT2D eigenvalue weighted by atomic mass is 9.93. The molecule has 2 amide bonds. The van der Waals surface area contributed by atoms with Crippen LogP contribution in [0.15, 0.2) is 24.3 Å². The smallest absolute Gasteiger partial charge is 0.341 e. The predicted molar refractivity (Wildman–Crippen MR) is 153 cm³/mol. The summed E-state index contributed by atoms with van der Waals surface area (Å²) in [5.41, 5.74) is 4.66. The van der Waals surface area contributed by atoms with Crippen LogP contribution in [0, 0.1) is 0 Å². The molecular weight excluding hydrogens is 524 g/mol. The van der Waals surface area contributed by atoms with E-state index in [0.29, 0.717) is 22.1 Å². The molecule has 2 aromatic heterocycles. The van der Waals surface area contributed by atoms with E-state index in [1.807, 2.05) is 56.4 Å². The first-order chi connectivity index (χ1) is 17.7. The summed E-state index contributed by atoms with van der Waals surface area (Å²) in [6.07, 6.45) is 8.43. The van der Waals surface area contributed by atoms with Crippen molar-refractivity contribution in [2.24, 2.45) is 0 Å². The van der Waals surface area contributed by atoms with Crippen molar-refractivity contribution >= 4 is 51.3 Å². The van der Waals surface area contributed by atoms with Crippen LogP contribution in [0.25, 0.3) is 10.4 Å². The average Bonchev–Trinajstić information content (AvgIpc) is 3.40. The normalized spacial score (nSPS) is 15.0. The molecule has 5 rings (SSSR count). The number of esters is 1. The first kappa shape index (κ1) is 26.3. The number of urea groups is 1. The highest BCUT2D eigenvalue weighted by Gasteiger charge is 2.30. The van der Waals surface area contributed by atoms with Crippen LogP contribution in [0.5, 0.6) is 0 Å². The molecule has 37 heavy (non-hydrogen) atoms. The van der Waals surface area contributed by atoms with Crippen molar-refractivity contribution in [2.75, 3.05) is 5.32 Å². The van der Waals surface area contributed by atoms with Crippen LogP contribution in [-0.4, -0.2) is 17.6 Å². The van der Waals surface area contributed by atoms with Gasteiger partial charge in [0.25, 0.3) is 0 Å². The van der Waals surface area contributed by atoms with Gasteiger partial charge in [0.1, 0.15) is 10.6 Å². The van der Waals surface area contributed by atoms with E-state index in [1.54, 1.807) is 0 Å². The van der Waals surface area contributed by atoms with Crippen molar-refractivity contribution in [2.45, 2.75) is 84.3 Å². The Balaban J connectivity index is 1.37. The van der Waals surface area contributed by atoms with Crippen molar-refractivity contribution in [3.63, 3.8) is 0 Å². The molecule has 0 radical (unpaired) electrons. The molecule has 0 fully saturated rings. The van der Waals surface area contributed by atoms with E-state index in [1.165, 1.54) is 49.9 Å². The van der Waals surface area contributed by atoms with Crippen LogP contribution >= 0.6 is 34.3 Å². The fourth-order valence-electron chi connectivity index (χ4n) is 5.17. The Morgan fingerprint density at radius 3 is 2.22 bits per heavy atom. The van der Waals surface area contributed by atoms with Gasteiger partial charge in [0, 0.05) is 26.2 Å². The number of anilines is 1. The summed E-state index contributed by atoms with van der Waals surface area (Å²) < 4.78 is 5.71. The summed E-state index contributed by atoms with van der Waals surface area (Å²) in [4.78, 5) is 30.1. The van der Waals surface area contributed by atoms with E-state index >= 15 is 0 Å². The molecule has 2 aliphatic carbocycles. The number of thiophene rings is 2. The number of hydrogen-bond donors (Lipinski definition) is 2. The van der Waals surface area contributed by atoms with Gasteiger partial charge in [-0.2, -0.15) is 0 Å².